The van der Waals surface area contributed by atoms with Gasteiger partial charge in [-0.3, -0.25) is 0 Å². The Labute approximate surface area is 200 Å². The van der Waals surface area contributed by atoms with Crippen LogP contribution in [0.5, 0.6) is 0 Å². The molecule has 1 aliphatic rings. The maximum absolute atomic E-state index is 13.0. The largest absolute Gasteiger partial charge is 0.462 e. The third-order valence-electron chi connectivity index (χ3n) is 5.87. The van der Waals surface area contributed by atoms with E-state index >= 15 is 0 Å². The van der Waals surface area contributed by atoms with Crippen molar-refractivity contribution in [1.29, 1.82) is 0 Å². The van der Waals surface area contributed by atoms with Gasteiger partial charge in [0.15, 0.2) is 5.82 Å². The summed E-state index contributed by atoms with van der Waals surface area (Å²) >= 11 is 0. The van der Waals surface area contributed by atoms with E-state index in [4.69, 9.17) is 4.74 Å². The number of sulfonamides is 1. The lowest BCUT2D eigenvalue weighted by atomic mass is 10.1. The van der Waals surface area contributed by atoms with Gasteiger partial charge in [-0.25, -0.2) is 13.2 Å². The van der Waals surface area contributed by atoms with Gasteiger partial charge in [0.25, 0.3) is 0 Å². The van der Waals surface area contributed by atoms with Gasteiger partial charge in [-0.2, -0.15) is 4.31 Å². The number of aromatic nitrogens is 2. The molecule has 1 aromatic heterocycles. The van der Waals surface area contributed by atoms with Crippen molar-refractivity contribution in [2.75, 3.05) is 37.7 Å². The fourth-order valence-electron chi connectivity index (χ4n) is 3.84. The first-order valence-electron chi connectivity index (χ1n) is 11.4. The summed E-state index contributed by atoms with van der Waals surface area (Å²) in [4.78, 5) is 14.0. The number of nitrogens with zero attached hydrogens (tertiary/aromatic N) is 4. The molecular weight excluding hydrogens is 452 g/mol. The molecule has 4 rings (SSSR count). The van der Waals surface area contributed by atoms with Crippen molar-refractivity contribution in [3.63, 3.8) is 0 Å². The maximum atomic E-state index is 13.0. The van der Waals surface area contributed by atoms with Crippen LogP contribution in [-0.4, -0.2) is 61.7 Å². The monoisotopic (exact) mass is 480 g/mol. The van der Waals surface area contributed by atoms with Crippen LogP contribution < -0.4 is 4.90 Å². The predicted octanol–water partition coefficient (Wildman–Crippen LogP) is 3.39. The third kappa shape index (κ3) is 5.10. The summed E-state index contributed by atoms with van der Waals surface area (Å²) in [5.41, 5.74) is 3.42. The molecule has 2 heterocycles. The summed E-state index contributed by atoms with van der Waals surface area (Å²) in [6.45, 7) is 5.81. The Morgan fingerprint density at radius 2 is 1.56 bits per heavy atom. The van der Waals surface area contributed by atoms with E-state index in [1.807, 2.05) is 29.2 Å². The van der Waals surface area contributed by atoms with Gasteiger partial charge < -0.3 is 9.64 Å². The van der Waals surface area contributed by atoms with Crippen molar-refractivity contribution in [1.82, 2.24) is 14.5 Å². The number of carbonyl (C=O) groups excluding carboxylic acids is 1. The number of esters is 1. The fraction of sp³-hybridized carbons (Fsp3) is 0.320. The van der Waals surface area contributed by atoms with E-state index in [0.29, 0.717) is 31.7 Å². The SMILES string of the molecule is CCOC(=O)c1ccc(S(=O)(=O)N2CCN(c3ccc(-c4ccc(CC)cc4)nn3)CC2)cc1. The average molecular weight is 481 g/mol. The first-order chi connectivity index (χ1) is 16.4. The number of carbonyl (C=O) groups is 1. The standard InChI is InChI=1S/C25H28N4O4S/c1-3-19-5-7-20(8-6-19)23-13-14-24(27-26-23)28-15-17-29(18-16-28)34(31,32)22-11-9-21(10-12-22)25(30)33-4-2/h5-14H,3-4,15-18H2,1-2H3. The highest BCUT2D eigenvalue weighted by molar-refractivity contribution is 7.89. The molecule has 8 nitrogen and oxygen atoms in total. The first-order valence-corrected chi connectivity index (χ1v) is 12.8. The molecule has 0 bridgehead atoms. The van der Waals surface area contributed by atoms with E-state index in [9.17, 15) is 13.2 Å². The first kappa shape index (κ1) is 23.8. The highest BCUT2D eigenvalue weighted by atomic mass is 32.2. The number of hydrogen-bond donors (Lipinski definition) is 0. The molecule has 0 saturated carbocycles. The molecular formula is C25H28N4O4S. The van der Waals surface area contributed by atoms with Crippen molar-refractivity contribution in [2.45, 2.75) is 25.2 Å². The Morgan fingerprint density at radius 3 is 2.12 bits per heavy atom. The minimum absolute atomic E-state index is 0.159. The van der Waals surface area contributed by atoms with Gasteiger partial charge in [0.05, 0.1) is 22.8 Å². The molecule has 1 aliphatic heterocycles. The van der Waals surface area contributed by atoms with Crippen LogP contribution in [0.2, 0.25) is 0 Å². The van der Waals surface area contributed by atoms with Crippen LogP contribution >= 0.6 is 0 Å². The van der Waals surface area contributed by atoms with E-state index in [-0.39, 0.29) is 11.5 Å². The zero-order chi connectivity index (χ0) is 24.1. The smallest absolute Gasteiger partial charge is 0.338 e. The summed E-state index contributed by atoms with van der Waals surface area (Å²) in [6.07, 6.45) is 0.992. The zero-order valence-corrected chi connectivity index (χ0v) is 20.2. The molecule has 1 fully saturated rings. The zero-order valence-electron chi connectivity index (χ0n) is 19.3. The molecule has 0 amide bonds. The molecule has 2 aromatic carbocycles. The number of rotatable bonds is 7. The number of piperazine rings is 1. The Morgan fingerprint density at radius 1 is 0.882 bits per heavy atom. The van der Waals surface area contributed by atoms with Crippen molar-refractivity contribution in [3.8, 4) is 11.3 Å². The molecule has 0 aliphatic carbocycles. The lowest BCUT2D eigenvalue weighted by Crippen LogP contribution is -2.49. The number of benzene rings is 2. The predicted molar refractivity (Wildman–Crippen MR) is 130 cm³/mol. The Hall–Kier alpha value is -3.30. The number of ether oxygens (including phenoxy) is 1. The van der Waals surface area contributed by atoms with E-state index in [2.05, 4.69) is 29.3 Å². The molecule has 0 unspecified atom stereocenters. The van der Waals surface area contributed by atoms with E-state index in [0.717, 1.165) is 23.5 Å². The summed E-state index contributed by atoms with van der Waals surface area (Å²) in [7, 11) is -3.65. The summed E-state index contributed by atoms with van der Waals surface area (Å²) in [5, 5.41) is 8.74. The Kier molecular flexibility index (Phi) is 7.23. The van der Waals surface area contributed by atoms with Crippen molar-refractivity contribution in [2.24, 2.45) is 0 Å². The van der Waals surface area contributed by atoms with Crippen LogP contribution in [0.15, 0.2) is 65.6 Å². The van der Waals surface area contributed by atoms with Crippen LogP contribution in [-0.2, 0) is 21.2 Å². The highest BCUT2D eigenvalue weighted by Gasteiger charge is 2.29. The molecule has 0 N–H and O–H groups in total. The molecule has 178 valence electrons. The molecule has 34 heavy (non-hydrogen) atoms. The number of hydrogen-bond acceptors (Lipinski definition) is 7. The van der Waals surface area contributed by atoms with Gasteiger partial charge in [-0.15, -0.1) is 10.2 Å². The second kappa shape index (κ2) is 10.3. The molecule has 0 spiro atoms. The summed E-state index contributed by atoms with van der Waals surface area (Å²) in [5.74, 6) is 0.259. The second-order valence-electron chi connectivity index (χ2n) is 7.96. The fourth-order valence-corrected chi connectivity index (χ4v) is 5.27. The molecule has 0 atom stereocenters. The van der Waals surface area contributed by atoms with Gasteiger partial charge in [-0.1, -0.05) is 31.2 Å². The molecule has 9 heteroatoms. The van der Waals surface area contributed by atoms with Gasteiger partial charge >= 0.3 is 5.97 Å². The minimum Gasteiger partial charge on any atom is -0.462 e. The maximum Gasteiger partial charge on any atom is 0.338 e. The normalized spacial score (nSPS) is 14.7. The van der Waals surface area contributed by atoms with Crippen molar-refractivity contribution in [3.05, 3.63) is 71.8 Å². The Bertz CT molecular complexity index is 1220. The van der Waals surface area contributed by atoms with Crippen LogP contribution in [0.4, 0.5) is 5.82 Å². The molecule has 3 aromatic rings. The van der Waals surface area contributed by atoms with Crippen molar-refractivity contribution >= 4 is 21.8 Å². The van der Waals surface area contributed by atoms with Gasteiger partial charge in [0.2, 0.25) is 10.0 Å². The molecule has 1 saturated heterocycles. The van der Waals surface area contributed by atoms with Crippen molar-refractivity contribution < 1.29 is 17.9 Å². The topological polar surface area (TPSA) is 92.7 Å². The molecule has 0 radical (unpaired) electrons. The van der Waals surface area contributed by atoms with Crippen LogP contribution in [0, 0.1) is 0 Å². The van der Waals surface area contributed by atoms with Crippen LogP contribution in [0.1, 0.15) is 29.8 Å². The minimum atomic E-state index is -3.65. The quantitative estimate of drug-likeness (QED) is 0.479. The second-order valence-corrected chi connectivity index (χ2v) is 9.90. The van der Waals surface area contributed by atoms with E-state index in [1.54, 1.807) is 6.92 Å². The van der Waals surface area contributed by atoms with Crippen LogP contribution in [0.3, 0.4) is 0 Å². The van der Waals surface area contributed by atoms with Gasteiger partial charge in [-0.05, 0) is 55.3 Å². The van der Waals surface area contributed by atoms with Gasteiger partial charge in [0.1, 0.15) is 0 Å². The van der Waals surface area contributed by atoms with E-state index in [1.165, 1.54) is 34.1 Å². The van der Waals surface area contributed by atoms with Gasteiger partial charge in [0, 0.05) is 31.7 Å². The number of anilines is 1. The lowest BCUT2D eigenvalue weighted by Gasteiger charge is -2.34. The van der Waals surface area contributed by atoms with E-state index < -0.39 is 16.0 Å². The lowest BCUT2D eigenvalue weighted by molar-refractivity contribution is 0.0526. The Balaban J connectivity index is 1.39. The highest BCUT2D eigenvalue weighted by Crippen LogP contribution is 2.23. The average Bonchev–Trinajstić information content (AvgIpc) is 2.89. The summed E-state index contributed by atoms with van der Waals surface area (Å²) < 4.78 is 32.5. The number of aryl methyl sites for hydroxylation is 1. The third-order valence-corrected chi connectivity index (χ3v) is 7.79. The summed E-state index contributed by atoms with van der Waals surface area (Å²) in [6, 6.07) is 18.0. The van der Waals surface area contributed by atoms with Crippen LogP contribution in [0.25, 0.3) is 11.3 Å².